The Morgan fingerprint density at radius 2 is 1.80 bits per heavy atom. The van der Waals surface area contributed by atoms with Crippen LogP contribution in [0.2, 0.25) is 10.0 Å². The lowest BCUT2D eigenvalue weighted by Crippen LogP contribution is -2.52. The van der Waals surface area contributed by atoms with Crippen LogP contribution in [-0.2, 0) is 5.60 Å². The number of piperazine rings is 1. The van der Waals surface area contributed by atoms with Crippen LogP contribution >= 0.6 is 23.2 Å². The van der Waals surface area contributed by atoms with Crippen LogP contribution in [0.4, 0.5) is 5.69 Å². The summed E-state index contributed by atoms with van der Waals surface area (Å²) >= 11 is 13.0. The van der Waals surface area contributed by atoms with Crippen molar-refractivity contribution in [3.63, 3.8) is 0 Å². The number of halogens is 2. The van der Waals surface area contributed by atoms with Crippen molar-refractivity contribution in [1.82, 2.24) is 14.8 Å². The molecule has 0 unspecified atom stereocenters. The molecule has 3 aromatic rings. The number of nitrogens with zero attached hydrogens (tertiary/aromatic N) is 4. The monoisotopic (exact) mass is 596 g/mol. The molecule has 5 rings (SSSR count). The molecule has 2 saturated heterocycles. The molecule has 2 fully saturated rings. The van der Waals surface area contributed by atoms with Crippen LogP contribution in [0, 0.1) is 0 Å². The molecule has 1 amide bonds. The molecule has 2 aliphatic heterocycles. The molecule has 3 heterocycles. The first-order valence-electron chi connectivity index (χ1n) is 14.4. The second-order valence-corrected chi connectivity index (χ2v) is 12.0. The zero-order valence-corrected chi connectivity index (χ0v) is 25.2. The SMILES string of the molecule is CCCOc1ccc(N2CCN(C[C@@](C)(O)c3ccc(C(=O)N4CCCC4)cn3)C[C@H]2c2ccc(Cl)cc2)c(Cl)c1. The Balaban J connectivity index is 1.33. The van der Waals surface area contributed by atoms with Gasteiger partial charge < -0.3 is 19.6 Å². The number of aliphatic hydroxyl groups is 1. The Bertz CT molecular complexity index is 1330. The zero-order chi connectivity index (χ0) is 29.0. The summed E-state index contributed by atoms with van der Waals surface area (Å²) in [5.74, 6) is 0.769. The lowest BCUT2D eigenvalue weighted by Gasteiger charge is -2.45. The fourth-order valence-electron chi connectivity index (χ4n) is 5.73. The Morgan fingerprint density at radius 3 is 2.46 bits per heavy atom. The fraction of sp³-hybridized carbons (Fsp3) is 0.438. The third-order valence-corrected chi connectivity index (χ3v) is 8.46. The summed E-state index contributed by atoms with van der Waals surface area (Å²) in [7, 11) is 0. The maximum Gasteiger partial charge on any atom is 0.255 e. The highest BCUT2D eigenvalue weighted by molar-refractivity contribution is 6.33. The summed E-state index contributed by atoms with van der Waals surface area (Å²) in [6, 6.07) is 17.3. The molecule has 2 aromatic carbocycles. The minimum absolute atomic E-state index is 0.00624. The third kappa shape index (κ3) is 6.97. The Hall–Kier alpha value is -2.84. The number of amides is 1. The second-order valence-electron chi connectivity index (χ2n) is 11.2. The summed E-state index contributed by atoms with van der Waals surface area (Å²) in [6.07, 6.45) is 4.61. The van der Waals surface area contributed by atoms with Gasteiger partial charge in [-0.05, 0) is 68.1 Å². The van der Waals surface area contributed by atoms with E-state index in [0.717, 1.165) is 62.4 Å². The Labute approximate surface area is 252 Å². The van der Waals surface area contributed by atoms with Gasteiger partial charge in [0.15, 0.2) is 0 Å². The number of hydrogen-bond donors (Lipinski definition) is 1. The standard InChI is InChI=1S/C32H38Cl2N4O3/c1-3-18-41-26-11-12-28(27(34)19-26)38-17-16-36(21-29(38)23-6-9-25(33)10-7-23)22-32(2,40)30-13-8-24(20-35-30)31(39)37-14-4-5-15-37/h6-13,19-20,29,40H,3-5,14-18,21-22H2,1-2H3/t29-,32+/m0/s1. The second kappa shape index (κ2) is 13.0. The number of ether oxygens (including phenoxy) is 1. The van der Waals surface area contributed by atoms with Gasteiger partial charge in [-0.3, -0.25) is 14.7 Å². The van der Waals surface area contributed by atoms with Crippen molar-refractivity contribution in [2.24, 2.45) is 0 Å². The number of carbonyl (C=O) groups excluding carboxylic acids is 1. The van der Waals surface area contributed by atoms with Crippen molar-refractivity contribution in [3.05, 3.63) is 87.7 Å². The van der Waals surface area contributed by atoms with Crippen LogP contribution in [0.1, 0.15) is 60.8 Å². The summed E-state index contributed by atoms with van der Waals surface area (Å²) in [4.78, 5) is 23.7. The maximum atomic E-state index is 12.7. The molecule has 218 valence electrons. The van der Waals surface area contributed by atoms with Gasteiger partial charge in [-0.25, -0.2) is 0 Å². The largest absolute Gasteiger partial charge is 0.494 e. The van der Waals surface area contributed by atoms with Gasteiger partial charge in [0.05, 0.1) is 34.6 Å². The average Bonchev–Trinajstić information content (AvgIpc) is 3.52. The molecule has 41 heavy (non-hydrogen) atoms. The van der Waals surface area contributed by atoms with E-state index in [1.54, 1.807) is 25.3 Å². The van der Waals surface area contributed by atoms with Crippen molar-refractivity contribution in [1.29, 1.82) is 0 Å². The van der Waals surface area contributed by atoms with Gasteiger partial charge in [0, 0.05) is 56.6 Å². The van der Waals surface area contributed by atoms with Gasteiger partial charge in [-0.2, -0.15) is 0 Å². The first-order chi connectivity index (χ1) is 19.7. The first kappa shape index (κ1) is 29.6. The normalized spacial score (nSPS) is 19.3. The molecule has 0 bridgehead atoms. The lowest BCUT2D eigenvalue weighted by molar-refractivity contribution is 0.00672. The van der Waals surface area contributed by atoms with Crippen LogP contribution in [0.5, 0.6) is 5.75 Å². The molecule has 2 atom stereocenters. The topological polar surface area (TPSA) is 69.1 Å². The van der Waals surface area contributed by atoms with E-state index in [4.69, 9.17) is 27.9 Å². The van der Waals surface area contributed by atoms with Gasteiger partial charge in [-0.1, -0.05) is 42.3 Å². The van der Waals surface area contributed by atoms with Gasteiger partial charge >= 0.3 is 0 Å². The Kier molecular flexibility index (Phi) is 9.39. The number of aromatic nitrogens is 1. The smallest absolute Gasteiger partial charge is 0.255 e. The van der Waals surface area contributed by atoms with E-state index in [9.17, 15) is 9.90 Å². The predicted molar refractivity (Wildman–Crippen MR) is 164 cm³/mol. The number of benzene rings is 2. The molecule has 0 saturated carbocycles. The predicted octanol–water partition coefficient (Wildman–Crippen LogP) is 6.18. The number of anilines is 1. The van der Waals surface area contributed by atoms with Gasteiger partial charge in [0.25, 0.3) is 5.91 Å². The molecule has 1 aromatic heterocycles. The van der Waals surface area contributed by atoms with Gasteiger partial charge in [0.1, 0.15) is 11.4 Å². The molecule has 1 N–H and O–H groups in total. The van der Waals surface area contributed by atoms with Crippen LogP contribution in [0.25, 0.3) is 0 Å². The lowest BCUT2D eigenvalue weighted by atomic mass is 9.97. The molecular formula is C32H38Cl2N4O3. The fourth-order valence-corrected chi connectivity index (χ4v) is 6.14. The van der Waals surface area contributed by atoms with Crippen molar-refractivity contribution < 1.29 is 14.6 Å². The number of rotatable bonds is 9. The highest BCUT2D eigenvalue weighted by Gasteiger charge is 2.35. The van der Waals surface area contributed by atoms with Crippen LogP contribution in [-0.4, -0.2) is 71.7 Å². The van der Waals surface area contributed by atoms with Crippen LogP contribution in [0.3, 0.4) is 0 Å². The quantitative estimate of drug-likeness (QED) is 0.318. The van der Waals surface area contributed by atoms with Crippen LogP contribution < -0.4 is 9.64 Å². The number of β-amino-alcohol motifs (C(OH)–C–C–N with tert-alkyl or cyclic N) is 1. The van der Waals surface area contributed by atoms with E-state index in [-0.39, 0.29) is 11.9 Å². The molecule has 2 aliphatic rings. The molecule has 0 aliphatic carbocycles. The number of likely N-dealkylation sites (tertiary alicyclic amines) is 1. The van der Waals surface area contributed by atoms with Gasteiger partial charge in [-0.15, -0.1) is 0 Å². The highest BCUT2D eigenvalue weighted by atomic mass is 35.5. The van der Waals surface area contributed by atoms with E-state index in [2.05, 4.69) is 21.7 Å². The van der Waals surface area contributed by atoms with Crippen molar-refractivity contribution >= 4 is 34.8 Å². The summed E-state index contributed by atoms with van der Waals surface area (Å²) < 4.78 is 5.78. The molecule has 7 nitrogen and oxygen atoms in total. The highest BCUT2D eigenvalue weighted by Crippen LogP contribution is 2.38. The van der Waals surface area contributed by atoms with E-state index in [0.29, 0.717) is 41.0 Å². The van der Waals surface area contributed by atoms with E-state index < -0.39 is 5.60 Å². The first-order valence-corrected chi connectivity index (χ1v) is 15.2. The summed E-state index contributed by atoms with van der Waals surface area (Å²) in [5, 5.41) is 12.9. The van der Waals surface area contributed by atoms with E-state index in [1.165, 1.54) is 0 Å². The van der Waals surface area contributed by atoms with Crippen LogP contribution in [0.15, 0.2) is 60.8 Å². The minimum Gasteiger partial charge on any atom is -0.494 e. The zero-order valence-electron chi connectivity index (χ0n) is 23.7. The van der Waals surface area contributed by atoms with E-state index in [1.807, 2.05) is 47.4 Å². The summed E-state index contributed by atoms with van der Waals surface area (Å²) in [5.41, 5.74) is 1.97. The average molecular weight is 598 g/mol. The third-order valence-electron chi connectivity index (χ3n) is 7.91. The molecule has 0 radical (unpaired) electrons. The van der Waals surface area contributed by atoms with Crippen molar-refractivity contribution in [2.45, 2.75) is 44.8 Å². The number of carbonyl (C=O) groups is 1. The maximum absolute atomic E-state index is 12.7. The summed E-state index contributed by atoms with van der Waals surface area (Å²) in [6.45, 7) is 8.61. The minimum atomic E-state index is -1.20. The Morgan fingerprint density at radius 1 is 1.05 bits per heavy atom. The van der Waals surface area contributed by atoms with Crippen molar-refractivity contribution in [3.8, 4) is 5.75 Å². The van der Waals surface area contributed by atoms with Gasteiger partial charge in [0.2, 0.25) is 0 Å². The molecular weight excluding hydrogens is 559 g/mol. The molecule has 9 heteroatoms. The number of hydrogen-bond acceptors (Lipinski definition) is 6. The molecule has 0 spiro atoms. The van der Waals surface area contributed by atoms with E-state index >= 15 is 0 Å². The van der Waals surface area contributed by atoms with Crippen molar-refractivity contribution in [2.75, 3.05) is 50.8 Å². The number of pyridine rings is 1.